The van der Waals surface area contributed by atoms with Crippen molar-refractivity contribution in [2.75, 3.05) is 24.6 Å². The molecule has 0 spiro atoms. The van der Waals surface area contributed by atoms with Crippen molar-refractivity contribution in [3.63, 3.8) is 0 Å². The molecule has 19 heavy (non-hydrogen) atoms. The van der Waals surface area contributed by atoms with E-state index in [4.69, 9.17) is 10.7 Å². The van der Waals surface area contributed by atoms with E-state index in [1.165, 1.54) is 0 Å². The number of hydrogen-bond donors (Lipinski definition) is 2. The van der Waals surface area contributed by atoms with Gasteiger partial charge < -0.3 is 15.7 Å². The maximum atomic E-state index is 9.24. The molecular formula is C15H19N3O. The number of fused-ring (bicyclic) bond motifs is 1. The summed E-state index contributed by atoms with van der Waals surface area (Å²) < 4.78 is 0. The lowest BCUT2D eigenvalue weighted by Gasteiger charge is -2.19. The van der Waals surface area contributed by atoms with Crippen molar-refractivity contribution in [3.8, 4) is 0 Å². The number of pyridine rings is 1. The summed E-state index contributed by atoms with van der Waals surface area (Å²) in [5, 5.41) is 10.4. The first-order valence-electron chi connectivity index (χ1n) is 6.76. The molecular weight excluding hydrogens is 238 g/mol. The monoisotopic (exact) mass is 257 g/mol. The SMILES string of the molecule is NCc1cc(N2CCC(CO)C2)nc2ccccc12. The van der Waals surface area contributed by atoms with Crippen molar-refractivity contribution >= 4 is 16.7 Å². The molecule has 100 valence electrons. The number of para-hydroxylation sites is 1. The van der Waals surface area contributed by atoms with E-state index in [0.717, 1.165) is 41.8 Å². The Hall–Kier alpha value is -1.65. The highest BCUT2D eigenvalue weighted by atomic mass is 16.3. The van der Waals surface area contributed by atoms with E-state index in [1.54, 1.807) is 0 Å². The Balaban J connectivity index is 2.00. The lowest BCUT2D eigenvalue weighted by atomic mass is 10.1. The maximum Gasteiger partial charge on any atom is 0.129 e. The molecule has 4 heteroatoms. The zero-order valence-electron chi connectivity index (χ0n) is 10.9. The zero-order chi connectivity index (χ0) is 13.2. The summed E-state index contributed by atoms with van der Waals surface area (Å²) in [6, 6.07) is 10.2. The largest absolute Gasteiger partial charge is 0.396 e. The third-order valence-electron chi connectivity index (χ3n) is 3.88. The fourth-order valence-corrected chi connectivity index (χ4v) is 2.75. The van der Waals surface area contributed by atoms with Crippen LogP contribution in [0.2, 0.25) is 0 Å². The Morgan fingerprint density at radius 2 is 2.21 bits per heavy atom. The minimum atomic E-state index is 0.258. The second-order valence-electron chi connectivity index (χ2n) is 5.14. The Kier molecular flexibility index (Phi) is 3.36. The van der Waals surface area contributed by atoms with Crippen molar-refractivity contribution in [2.24, 2.45) is 11.7 Å². The van der Waals surface area contributed by atoms with Gasteiger partial charge in [-0.1, -0.05) is 18.2 Å². The topological polar surface area (TPSA) is 62.4 Å². The molecule has 1 atom stereocenters. The fourth-order valence-electron chi connectivity index (χ4n) is 2.75. The Morgan fingerprint density at radius 1 is 1.37 bits per heavy atom. The molecule has 0 radical (unpaired) electrons. The van der Waals surface area contributed by atoms with Gasteiger partial charge in [-0.25, -0.2) is 4.98 Å². The molecule has 1 aliphatic heterocycles. The Morgan fingerprint density at radius 3 is 2.95 bits per heavy atom. The molecule has 4 nitrogen and oxygen atoms in total. The molecule has 1 aliphatic rings. The number of nitrogens with zero attached hydrogens (tertiary/aromatic N) is 2. The molecule has 2 aromatic rings. The van der Waals surface area contributed by atoms with Gasteiger partial charge in [-0.05, 0) is 24.1 Å². The first-order chi connectivity index (χ1) is 9.31. The molecule has 1 fully saturated rings. The molecule has 0 aliphatic carbocycles. The van der Waals surface area contributed by atoms with E-state index in [9.17, 15) is 5.11 Å². The number of aliphatic hydroxyl groups is 1. The summed E-state index contributed by atoms with van der Waals surface area (Å²) in [4.78, 5) is 6.97. The van der Waals surface area contributed by atoms with Crippen molar-refractivity contribution in [1.29, 1.82) is 0 Å². The van der Waals surface area contributed by atoms with Gasteiger partial charge in [-0.3, -0.25) is 0 Å². The third kappa shape index (κ3) is 2.29. The van der Waals surface area contributed by atoms with Crippen LogP contribution in [-0.2, 0) is 6.54 Å². The second kappa shape index (κ2) is 5.15. The third-order valence-corrected chi connectivity index (χ3v) is 3.88. The molecule has 3 rings (SSSR count). The number of hydrogen-bond acceptors (Lipinski definition) is 4. The molecule has 3 N–H and O–H groups in total. The maximum absolute atomic E-state index is 9.24. The highest BCUT2D eigenvalue weighted by molar-refractivity contribution is 5.84. The van der Waals surface area contributed by atoms with Crippen LogP contribution in [0.1, 0.15) is 12.0 Å². The van der Waals surface area contributed by atoms with Gasteiger partial charge in [0.2, 0.25) is 0 Å². The van der Waals surface area contributed by atoms with E-state index in [0.29, 0.717) is 12.5 Å². The van der Waals surface area contributed by atoms with E-state index in [-0.39, 0.29) is 6.61 Å². The van der Waals surface area contributed by atoms with Crippen LogP contribution in [0.5, 0.6) is 0 Å². The summed E-state index contributed by atoms with van der Waals surface area (Å²) in [6.07, 6.45) is 1.03. The van der Waals surface area contributed by atoms with E-state index in [2.05, 4.69) is 17.0 Å². The van der Waals surface area contributed by atoms with Gasteiger partial charge in [0.25, 0.3) is 0 Å². The van der Waals surface area contributed by atoms with Gasteiger partial charge in [0, 0.05) is 37.5 Å². The lowest BCUT2D eigenvalue weighted by Crippen LogP contribution is -2.22. The van der Waals surface area contributed by atoms with Gasteiger partial charge in [-0.15, -0.1) is 0 Å². The van der Waals surface area contributed by atoms with Crippen LogP contribution in [0.4, 0.5) is 5.82 Å². The molecule has 1 aromatic carbocycles. The van der Waals surface area contributed by atoms with Crippen LogP contribution in [0, 0.1) is 5.92 Å². The quantitative estimate of drug-likeness (QED) is 0.875. The van der Waals surface area contributed by atoms with Gasteiger partial charge in [-0.2, -0.15) is 0 Å². The van der Waals surface area contributed by atoms with Gasteiger partial charge in [0.15, 0.2) is 0 Å². The van der Waals surface area contributed by atoms with Crippen LogP contribution >= 0.6 is 0 Å². The molecule has 0 amide bonds. The molecule has 1 saturated heterocycles. The van der Waals surface area contributed by atoms with E-state index < -0.39 is 0 Å². The summed E-state index contributed by atoms with van der Waals surface area (Å²) in [5.74, 6) is 1.35. The lowest BCUT2D eigenvalue weighted by molar-refractivity contribution is 0.238. The van der Waals surface area contributed by atoms with Crippen molar-refractivity contribution in [3.05, 3.63) is 35.9 Å². The van der Waals surface area contributed by atoms with E-state index in [1.807, 2.05) is 18.2 Å². The summed E-state index contributed by atoms with van der Waals surface area (Å²) in [5.41, 5.74) is 7.98. The summed E-state index contributed by atoms with van der Waals surface area (Å²) >= 11 is 0. The van der Waals surface area contributed by atoms with E-state index >= 15 is 0 Å². The van der Waals surface area contributed by atoms with Crippen LogP contribution < -0.4 is 10.6 Å². The van der Waals surface area contributed by atoms with Crippen molar-refractivity contribution in [1.82, 2.24) is 4.98 Å². The zero-order valence-corrected chi connectivity index (χ0v) is 10.9. The smallest absolute Gasteiger partial charge is 0.129 e. The van der Waals surface area contributed by atoms with Gasteiger partial charge in [0.05, 0.1) is 5.52 Å². The van der Waals surface area contributed by atoms with Crippen LogP contribution in [-0.4, -0.2) is 29.8 Å². The molecule has 1 aromatic heterocycles. The number of nitrogens with two attached hydrogens (primary N) is 1. The number of anilines is 1. The van der Waals surface area contributed by atoms with Crippen LogP contribution in [0.25, 0.3) is 10.9 Å². The Labute approximate surface area is 112 Å². The number of benzene rings is 1. The van der Waals surface area contributed by atoms with Crippen LogP contribution in [0.15, 0.2) is 30.3 Å². The van der Waals surface area contributed by atoms with Crippen molar-refractivity contribution in [2.45, 2.75) is 13.0 Å². The minimum absolute atomic E-state index is 0.258. The molecule has 1 unspecified atom stereocenters. The first-order valence-corrected chi connectivity index (χ1v) is 6.76. The average molecular weight is 257 g/mol. The molecule has 0 saturated carbocycles. The summed E-state index contributed by atoms with van der Waals surface area (Å²) in [7, 11) is 0. The second-order valence-corrected chi connectivity index (χ2v) is 5.14. The van der Waals surface area contributed by atoms with Gasteiger partial charge >= 0.3 is 0 Å². The van der Waals surface area contributed by atoms with Crippen molar-refractivity contribution < 1.29 is 5.11 Å². The number of aliphatic hydroxyl groups excluding tert-OH is 1. The predicted molar refractivity (Wildman–Crippen MR) is 77.0 cm³/mol. The Bertz CT molecular complexity index is 585. The van der Waals surface area contributed by atoms with Crippen LogP contribution in [0.3, 0.4) is 0 Å². The molecule has 2 heterocycles. The minimum Gasteiger partial charge on any atom is -0.396 e. The highest BCUT2D eigenvalue weighted by Gasteiger charge is 2.23. The fraction of sp³-hybridized carbons (Fsp3) is 0.400. The number of rotatable bonds is 3. The summed E-state index contributed by atoms with van der Waals surface area (Å²) in [6.45, 7) is 2.62. The predicted octanol–water partition coefficient (Wildman–Crippen LogP) is 1.51. The normalized spacial score (nSPS) is 19.3. The standard InChI is InChI=1S/C15H19N3O/c16-8-12-7-15(18-6-5-11(9-18)10-19)17-14-4-2-1-3-13(12)14/h1-4,7,11,19H,5-6,8-10,16H2. The first kappa shape index (κ1) is 12.4. The molecule has 0 bridgehead atoms. The average Bonchev–Trinajstić information content (AvgIpc) is 2.95. The highest BCUT2D eigenvalue weighted by Crippen LogP contribution is 2.26. The number of aromatic nitrogens is 1. The van der Waals surface area contributed by atoms with Gasteiger partial charge in [0.1, 0.15) is 5.82 Å².